The Morgan fingerprint density at radius 2 is 2.35 bits per heavy atom. The maximum absolute atomic E-state index is 12.0. The van der Waals surface area contributed by atoms with E-state index < -0.39 is 0 Å². The summed E-state index contributed by atoms with van der Waals surface area (Å²) in [6.45, 7) is 2.38. The molecule has 0 bridgehead atoms. The van der Waals surface area contributed by atoms with Gasteiger partial charge >= 0.3 is 0 Å². The van der Waals surface area contributed by atoms with Crippen LogP contribution in [0, 0.1) is 0 Å². The fourth-order valence-corrected chi connectivity index (χ4v) is 2.60. The molecule has 17 heavy (non-hydrogen) atoms. The van der Waals surface area contributed by atoms with E-state index in [9.17, 15) is 4.79 Å². The number of hydrogen-bond acceptors (Lipinski definition) is 2. The van der Waals surface area contributed by atoms with E-state index in [2.05, 4.69) is 27.0 Å². The Labute approximate surface area is 110 Å². The lowest BCUT2D eigenvalue weighted by Gasteiger charge is -2.27. The van der Waals surface area contributed by atoms with Crippen molar-refractivity contribution in [2.45, 2.75) is 19.4 Å². The molecule has 1 aliphatic heterocycles. The van der Waals surface area contributed by atoms with Crippen LogP contribution in [0.25, 0.3) is 0 Å². The normalized spacial score (nSPS) is 15.2. The Bertz CT molecular complexity index is 414. The maximum atomic E-state index is 12.0. The zero-order valence-corrected chi connectivity index (χ0v) is 11.9. The van der Waals surface area contributed by atoms with Crippen LogP contribution >= 0.6 is 15.9 Å². The van der Waals surface area contributed by atoms with Crippen molar-refractivity contribution in [1.82, 2.24) is 14.8 Å². The Balaban J connectivity index is 1.95. The van der Waals surface area contributed by atoms with Crippen LogP contribution in [0.2, 0.25) is 0 Å². The monoisotopic (exact) mass is 299 g/mol. The van der Waals surface area contributed by atoms with Crippen LogP contribution in [0.15, 0.2) is 10.7 Å². The first-order valence-electron chi connectivity index (χ1n) is 5.85. The van der Waals surface area contributed by atoms with Gasteiger partial charge < -0.3 is 14.8 Å². The molecule has 2 heterocycles. The van der Waals surface area contributed by atoms with Crippen molar-refractivity contribution in [1.29, 1.82) is 0 Å². The summed E-state index contributed by atoms with van der Waals surface area (Å²) in [5.41, 5.74) is 2.50. The summed E-state index contributed by atoms with van der Waals surface area (Å²) in [6, 6.07) is 2.07. The fraction of sp³-hybridized carbons (Fsp3) is 0.583. The second kappa shape index (κ2) is 5.23. The number of nitrogens with one attached hydrogen (secondary N) is 1. The number of halogens is 1. The molecule has 0 radical (unpaired) electrons. The van der Waals surface area contributed by atoms with Gasteiger partial charge in [0.05, 0.1) is 4.60 Å². The SMILES string of the molecule is CN(C)CCC(=O)N1CCc2[nH]c(Br)cc2C1. The summed E-state index contributed by atoms with van der Waals surface area (Å²) in [7, 11) is 3.98. The number of carbonyl (C=O) groups excluding carboxylic acids is 1. The molecule has 0 saturated heterocycles. The summed E-state index contributed by atoms with van der Waals surface area (Å²) in [6.07, 6.45) is 1.53. The minimum atomic E-state index is 0.252. The highest BCUT2D eigenvalue weighted by atomic mass is 79.9. The Hall–Kier alpha value is -0.810. The van der Waals surface area contributed by atoms with Gasteiger partial charge in [0.2, 0.25) is 5.91 Å². The van der Waals surface area contributed by atoms with Crippen molar-refractivity contribution in [2.24, 2.45) is 0 Å². The molecule has 0 fully saturated rings. The Morgan fingerprint density at radius 3 is 3.06 bits per heavy atom. The summed E-state index contributed by atoms with van der Waals surface area (Å²) < 4.78 is 1.00. The zero-order valence-electron chi connectivity index (χ0n) is 10.3. The molecule has 0 atom stereocenters. The first kappa shape index (κ1) is 12.6. The molecule has 2 rings (SSSR count). The molecule has 1 aromatic rings. The molecule has 1 aromatic heterocycles. The summed E-state index contributed by atoms with van der Waals surface area (Å²) in [5, 5.41) is 0. The highest BCUT2D eigenvalue weighted by molar-refractivity contribution is 9.10. The van der Waals surface area contributed by atoms with E-state index in [0.29, 0.717) is 6.42 Å². The Kier molecular flexibility index (Phi) is 3.89. The third kappa shape index (κ3) is 3.10. The molecule has 0 saturated carbocycles. The summed E-state index contributed by atoms with van der Waals surface area (Å²) >= 11 is 3.43. The highest BCUT2D eigenvalue weighted by Gasteiger charge is 2.21. The average molecular weight is 300 g/mol. The number of aromatic amines is 1. The maximum Gasteiger partial charge on any atom is 0.224 e. The average Bonchev–Trinajstić information content (AvgIpc) is 2.64. The molecule has 1 amide bonds. The number of hydrogen-bond donors (Lipinski definition) is 1. The van der Waals surface area contributed by atoms with Gasteiger partial charge in [0.15, 0.2) is 0 Å². The van der Waals surface area contributed by atoms with E-state index in [1.807, 2.05) is 23.9 Å². The third-order valence-electron chi connectivity index (χ3n) is 3.08. The number of aromatic nitrogens is 1. The first-order valence-corrected chi connectivity index (χ1v) is 6.64. The smallest absolute Gasteiger partial charge is 0.224 e. The lowest BCUT2D eigenvalue weighted by atomic mass is 10.1. The van der Waals surface area contributed by atoms with E-state index in [4.69, 9.17) is 0 Å². The third-order valence-corrected chi connectivity index (χ3v) is 3.50. The molecule has 94 valence electrons. The number of carbonyl (C=O) groups is 1. The van der Waals surface area contributed by atoms with Gasteiger partial charge in [0.25, 0.3) is 0 Å². The van der Waals surface area contributed by atoms with Gasteiger partial charge in [-0.05, 0) is 41.7 Å². The van der Waals surface area contributed by atoms with Crippen LogP contribution < -0.4 is 0 Å². The van der Waals surface area contributed by atoms with Crippen LogP contribution in [-0.4, -0.2) is 47.9 Å². The second-order valence-corrected chi connectivity index (χ2v) is 5.59. The minimum Gasteiger partial charge on any atom is -0.353 e. The molecule has 0 unspecified atom stereocenters. The van der Waals surface area contributed by atoms with E-state index >= 15 is 0 Å². The Morgan fingerprint density at radius 1 is 1.59 bits per heavy atom. The van der Waals surface area contributed by atoms with Gasteiger partial charge in [-0.3, -0.25) is 4.79 Å². The number of H-pyrrole nitrogens is 1. The van der Waals surface area contributed by atoms with Crippen molar-refractivity contribution in [3.8, 4) is 0 Å². The van der Waals surface area contributed by atoms with Gasteiger partial charge in [0, 0.05) is 38.2 Å². The second-order valence-electron chi connectivity index (χ2n) is 4.74. The van der Waals surface area contributed by atoms with Crippen LogP contribution in [-0.2, 0) is 17.8 Å². The number of rotatable bonds is 3. The highest BCUT2D eigenvalue weighted by Crippen LogP contribution is 2.22. The van der Waals surface area contributed by atoms with Crippen molar-refractivity contribution < 1.29 is 4.79 Å². The molecule has 4 nitrogen and oxygen atoms in total. The van der Waals surface area contributed by atoms with Crippen LogP contribution in [0.4, 0.5) is 0 Å². The van der Waals surface area contributed by atoms with Gasteiger partial charge in [-0.1, -0.05) is 0 Å². The van der Waals surface area contributed by atoms with E-state index in [1.165, 1.54) is 11.3 Å². The van der Waals surface area contributed by atoms with E-state index in [0.717, 1.165) is 30.7 Å². The van der Waals surface area contributed by atoms with Crippen molar-refractivity contribution in [3.05, 3.63) is 21.9 Å². The molecule has 1 aliphatic rings. The fourth-order valence-electron chi connectivity index (χ4n) is 2.09. The van der Waals surface area contributed by atoms with Gasteiger partial charge in [-0.2, -0.15) is 0 Å². The molecule has 5 heteroatoms. The molecule has 0 spiro atoms. The lowest BCUT2D eigenvalue weighted by molar-refractivity contribution is -0.132. The van der Waals surface area contributed by atoms with Crippen LogP contribution in [0.5, 0.6) is 0 Å². The summed E-state index contributed by atoms with van der Waals surface area (Å²) in [4.78, 5) is 19.3. The van der Waals surface area contributed by atoms with Crippen molar-refractivity contribution >= 4 is 21.8 Å². The van der Waals surface area contributed by atoms with Gasteiger partial charge in [-0.15, -0.1) is 0 Å². The topological polar surface area (TPSA) is 39.3 Å². The first-order chi connectivity index (χ1) is 8.06. The van der Waals surface area contributed by atoms with Crippen LogP contribution in [0.1, 0.15) is 17.7 Å². The number of fused-ring (bicyclic) bond motifs is 1. The lowest BCUT2D eigenvalue weighted by Crippen LogP contribution is -2.37. The van der Waals surface area contributed by atoms with Crippen LogP contribution in [0.3, 0.4) is 0 Å². The molecular weight excluding hydrogens is 282 g/mol. The van der Waals surface area contributed by atoms with Crippen molar-refractivity contribution in [2.75, 3.05) is 27.2 Å². The minimum absolute atomic E-state index is 0.252. The summed E-state index contributed by atoms with van der Waals surface area (Å²) in [5.74, 6) is 0.252. The molecular formula is C12H18BrN3O. The van der Waals surface area contributed by atoms with Gasteiger partial charge in [-0.25, -0.2) is 0 Å². The molecule has 0 aliphatic carbocycles. The number of nitrogens with zero attached hydrogens (tertiary/aromatic N) is 2. The predicted molar refractivity (Wildman–Crippen MR) is 70.8 cm³/mol. The quantitative estimate of drug-likeness (QED) is 0.921. The predicted octanol–water partition coefficient (Wildman–Crippen LogP) is 1.61. The van der Waals surface area contributed by atoms with E-state index in [-0.39, 0.29) is 5.91 Å². The van der Waals surface area contributed by atoms with Gasteiger partial charge in [0.1, 0.15) is 0 Å². The van der Waals surface area contributed by atoms with Crippen molar-refractivity contribution in [3.63, 3.8) is 0 Å². The zero-order chi connectivity index (χ0) is 12.4. The standard InChI is InChI=1S/C12H18BrN3O/c1-15(2)5-4-12(17)16-6-3-10-9(8-16)7-11(13)14-10/h7,14H,3-6,8H2,1-2H3. The number of amides is 1. The molecule has 1 N–H and O–H groups in total. The molecule has 0 aromatic carbocycles. The van der Waals surface area contributed by atoms with E-state index in [1.54, 1.807) is 0 Å². The largest absolute Gasteiger partial charge is 0.353 e.